The summed E-state index contributed by atoms with van der Waals surface area (Å²) in [5.41, 5.74) is 0. The van der Waals surface area contributed by atoms with Gasteiger partial charge in [0.1, 0.15) is 0 Å². The molecule has 5 nitrogen and oxygen atoms in total. The molecule has 19 heavy (non-hydrogen) atoms. The average Bonchev–Trinajstić information content (AvgIpc) is 2.69. The minimum absolute atomic E-state index is 0.0350. The Hall–Kier alpha value is -1.31. The zero-order valence-corrected chi connectivity index (χ0v) is 10.4. The van der Waals surface area contributed by atoms with Crippen molar-refractivity contribution in [3.05, 3.63) is 0 Å². The molecule has 2 fully saturated rings. The van der Waals surface area contributed by atoms with Gasteiger partial charge in [-0.2, -0.15) is 13.2 Å². The predicted molar refractivity (Wildman–Crippen MR) is 60.2 cm³/mol. The van der Waals surface area contributed by atoms with Gasteiger partial charge in [-0.1, -0.05) is 0 Å². The van der Waals surface area contributed by atoms with E-state index >= 15 is 0 Å². The summed E-state index contributed by atoms with van der Waals surface area (Å²) in [6.07, 6.45) is -3.09. The second-order valence-corrected chi connectivity index (χ2v) is 4.84. The third-order valence-corrected chi connectivity index (χ3v) is 3.45. The van der Waals surface area contributed by atoms with Crippen LogP contribution in [0.1, 0.15) is 12.8 Å². The van der Waals surface area contributed by atoms with Gasteiger partial charge in [-0.3, -0.25) is 9.59 Å². The van der Waals surface area contributed by atoms with Crippen molar-refractivity contribution in [2.75, 3.05) is 32.7 Å². The van der Waals surface area contributed by atoms with Gasteiger partial charge in [-0.15, -0.1) is 0 Å². The van der Waals surface area contributed by atoms with E-state index in [2.05, 4.69) is 5.32 Å². The highest BCUT2D eigenvalue weighted by molar-refractivity contribution is 5.81. The molecule has 2 amide bonds. The summed E-state index contributed by atoms with van der Waals surface area (Å²) >= 11 is 0. The Bertz CT molecular complexity index is 373. The summed E-state index contributed by atoms with van der Waals surface area (Å²) in [4.78, 5) is 26.5. The zero-order valence-electron chi connectivity index (χ0n) is 10.4. The van der Waals surface area contributed by atoms with E-state index in [0.717, 1.165) is 6.42 Å². The molecule has 2 saturated heterocycles. The normalized spacial score (nSPS) is 23.7. The van der Waals surface area contributed by atoms with E-state index in [1.165, 1.54) is 4.90 Å². The van der Waals surface area contributed by atoms with Crippen molar-refractivity contribution in [1.29, 1.82) is 0 Å². The van der Waals surface area contributed by atoms with Crippen LogP contribution in [0.15, 0.2) is 0 Å². The van der Waals surface area contributed by atoms with Crippen molar-refractivity contribution in [1.82, 2.24) is 15.1 Å². The van der Waals surface area contributed by atoms with Crippen LogP contribution < -0.4 is 5.32 Å². The molecular formula is C11H16F3N3O2. The fourth-order valence-corrected chi connectivity index (χ4v) is 2.51. The lowest BCUT2D eigenvalue weighted by Crippen LogP contribution is -2.54. The van der Waals surface area contributed by atoms with Gasteiger partial charge in [0.15, 0.2) is 0 Å². The second-order valence-electron chi connectivity index (χ2n) is 4.84. The summed E-state index contributed by atoms with van der Waals surface area (Å²) < 4.78 is 35.8. The van der Waals surface area contributed by atoms with Gasteiger partial charge in [-0.25, -0.2) is 0 Å². The number of halogens is 3. The molecule has 2 aliphatic heterocycles. The standard InChI is InChI=1S/C11H16F3N3O2/c12-11(13,14)7-15-5-10(19)16-3-4-17-8(6-16)1-2-9(17)18/h8,15H,1-7H2. The van der Waals surface area contributed by atoms with Crippen molar-refractivity contribution < 1.29 is 22.8 Å². The number of nitrogens with one attached hydrogen (secondary N) is 1. The van der Waals surface area contributed by atoms with Gasteiger partial charge >= 0.3 is 6.18 Å². The zero-order chi connectivity index (χ0) is 14.0. The van der Waals surface area contributed by atoms with Gasteiger partial charge in [-0.05, 0) is 6.42 Å². The maximum absolute atomic E-state index is 11.9. The van der Waals surface area contributed by atoms with E-state index in [0.29, 0.717) is 26.1 Å². The van der Waals surface area contributed by atoms with Crippen LogP contribution >= 0.6 is 0 Å². The first kappa shape index (κ1) is 14.1. The molecule has 0 radical (unpaired) electrons. The van der Waals surface area contributed by atoms with Crippen LogP contribution in [0.4, 0.5) is 13.2 Å². The van der Waals surface area contributed by atoms with Crippen molar-refractivity contribution in [3.8, 4) is 0 Å². The second kappa shape index (κ2) is 5.36. The summed E-state index contributed by atoms with van der Waals surface area (Å²) in [6.45, 7) is -0.178. The summed E-state index contributed by atoms with van der Waals surface area (Å²) in [5.74, 6) is -0.240. The molecule has 0 spiro atoms. The van der Waals surface area contributed by atoms with Crippen molar-refractivity contribution in [2.24, 2.45) is 0 Å². The van der Waals surface area contributed by atoms with E-state index in [4.69, 9.17) is 0 Å². The van der Waals surface area contributed by atoms with Gasteiger partial charge in [0.2, 0.25) is 11.8 Å². The lowest BCUT2D eigenvalue weighted by molar-refractivity contribution is -0.140. The molecule has 108 valence electrons. The smallest absolute Gasteiger partial charge is 0.338 e. The fraction of sp³-hybridized carbons (Fsp3) is 0.818. The highest BCUT2D eigenvalue weighted by atomic mass is 19.4. The Morgan fingerprint density at radius 2 is 2.11 bits per heavy atom. The molecule has 2 heterocycles. The molecule has 0 aromatic rings. The lowest BCUT2D eigenvalue weighted by Gasteiger charge is -2.37. The third kappa shape index (κ3) is 3.59. The number of alkyl halides is 3. The van der Waals surface area contributed by atoms with Gasteiger partial charge in [0.05, 0.1) is 13.1 Å². The number of nitrogens with zero attached hydrogens (tertiary/aromatic N) is 2. The Balaban J connectivity index is 1.77. The molecule has 0 aromatic heterocycles. The predicted octanol–water partition coefficient (Wildman–Crippen LogP) is -0.0285. The SMILES string of the molecule is O=C(CNCC(F)(F)F)N1CCN2C(=O)CCC2C1. The molecule has 0 saturated carbocycles. The number of carbonyl (C=O) groups is 2. The van der Waals surface area contributed by atoms with Crippen LogP contribution in [0.25, 0.3) is 0 Å². The number of carbonyl (C=O) groups excluding carboxylic acids is 2. The van der Waals surface area contributed by atoms with Crippen LogP contribution in [-0.4, -0.2) is 66.6 Å². The quantitative estimate of drug-likeness (QED) is 0.789. The summed E-state index contributed by atoms with van der Waals surface area (Å²) in [5, 5.41) is 2.09. The summed E-state index contributed by atoms with van der Waals surface area (Å²) in [6, 6.07) is 0.0350. The first-order chi connectivity index (χ1) is 8.87. The van der Waals surface area contributed by atoms with Crippen molar-refractivity contribution in [3.63, 3.8) is 0 Å². The first-order valence-corrected chi connectivity index (χ1v) is 6.21. The molecule has 1 unspecified atom stereocenters. The summed E-state index contributed by atoms with van der Waals surface area (Å²) in [7, 11) is 0. The highest BCUT2D eigenvalue weighted by Crippen LogP contribution is 2.22. The molecule has 0 aromatic carbocycles. The molecule has 8 heteroatoms. The third-order valence-electron chi connectivity index (χ3n) is 3.45. The Labute approximate surface area is 108 Å². The number of piperazine rings is 1. The number of rotatable bonds is 3. The molecule has 1 N–H and O–H groups in total. The van der Waals surface area contributed by atoms with Crippen LogP contribution in [0, 0.1) is 0 Å². The van der Waals surface area contributed by atoms with E-state index in [9.17, 15) is 22.8 Å². The van der Waals surface area contributed by atoms with E-state index in [1.54, 1.807) is 4.90 Å². The van der Waals surface area contributed by atoms with Crippen LogP contribution in [0.2, 0.25) is 0 Å². The van der Waals surface area contributed by atoms with E-state index in [-0.39, 0.29) is 24.4 Å². The Morgan fingerprint density at radius 3 is 2.79 bits per heavy atom. The van der Waals surface area contributed by atoms with Crippen molar-refractivity contribution in [2.45, 2.75) is 25.1 Å². The average molecular weight is 279 g/mol. The van der Waals surface area contributed by atoms with Crippen LogP contribution in [0.3, 0.4) is 0 Å². The first-order valence-electron chi connectivity index (χ1n) is 6.21. The molecule has 1 atom stereocenters. The maximum atomic E-state index is 11.9. The van der Waals surface area contributed by atoms with Gasteiger partial charge in [0, 0.05) is 32.1 Å². The van der Waals surface area contributed by atoms with E-state index < -0.39 is 12.7 Å². The molecule has 2 aliphatic rings. The molecule has 0 aliphatic carbocycles. The minimum Gasteiger partial charge on any atom is -0.338 e. The minimum atomic E-state index is -4.31. The molecule has 0 bridgehead atoms. The number of fused-ring (bicyclic) bond motifs is 1. The van der Waals surface area contributed by atoms with Crippen molar-refractivity contribution >= 4 is 11.8 Å². The number of hydrogen-bond acceptors (Lipinski definition) is 3. The van der Waals surface area contributed by atoms with Crippen LogP contribution in [-0.2, 0) is 9.59 Å². The number of amides is 2. The van der Waals surface area contributed by atoms with E-state index in [1.807, 2.05) is 0 Å². The van der Waals surface area contributed by atoms with Gasteiger partial charge < -0.3 is 15.1 Å². The molecular weight excluding hydrogens is 263 g/mol. The fourth-order valence-electron chi connectivity index (χ4n) is 2.51. The number of hydrogen-bond donors (Lipinski definition) is 1. The van der Waals surface area contributed by atoms with Gasteiger partial charge in [0.25, 0.3) is 0 Å². The highest BCUT2D eigenvalue weighted by Gasteiger charge is 2.36. The van der Waals surface area contributed by atoms with Crippen LogP contribution in [0.5, 0.6) is 0 Å². The Kier molecular flexibility index (Phi) is 3.98. The monoisotopic (exact) mass is 279 g/mol. The Morgan fingerprint density at radius 1 is 1.37 bits per heavy atom. The molecule has 2 rings (SSSR count). The topological polar surface area (TPSA) is 52.7 Å². The largest absolute Gasteiger partial charge is 0.401 e. The lowest BCUT2D eigenvalue weighted by atomic mass is 10.1. The maximum Gasteiger partial charge on any atom is 0.401 e.